The van der Waals surface area contributed by atoms with Crippen molar-refractivity contribution in [3.05, 3.63) is 46.0 Å². The Balaban J connectivity index is 2.30. The molecule has 0 radical (unpaired) electrons. The first kappa shape index (κ1) is 15.2. The van der Waals surface area contributed by atoms with Gasteiger partial charge < -0.3 is 5.73 Å². The topological polar surface area (TPSA) is 72.2 Å². The zero-order valence-corrected chi connectivity index (χ0v) is 13.0. The van der Waals surface area contributed by atoms with Crippen LogP contribution in [0.3, 0.4) is 0 Å². The van der Waals surface area contributed by atoms with Crippen LogP contribution in [0.5, 0.6) is 0 Å². The van der Waals surface area contributed by atoms with Gasteiger partial charge in [-0.1, -0.05) is 23.8 Å². The van der Waals surface area contributed by atoms with Gasteiger partial charge >= 0.3 is 0 Å². The standard InChI is InChI=1S/C11H8ClFN2O2S3/c12-7-2-1-6(5-8(7)13)15-20(16,17)10-4-3-9(19-10)11(14)18/h1-5,15H,(H2,14,18). The minimum absolute atomic E-state index is 0.0376. The van der Waals surface area contributed by atoms with E-state index in [1.807, 2.05) is 0 Å². The van der Waals surface area contributed by atoms with Gasteiger partial charge in [0.2, 0.25) is 0 Å². The van der Waals surface area contributed by atoms with E-state index in [2.05, 4.69) is 4.72 Å². The van der Waals surface area contributed by atoms with Crippen LogP contribution < -0.4 is 10.5 Å². The molecule has 1 heterocycles. The first-order valence-corrected chi connectivity index (χ1v) is 8.26. The molecular weight excluding hydrogens is 343 g/mol. The summed E-state index contributed by atoms with van der Waals surface area (Å²) in [5.41, 5.74) is 5.50. The molecule has 20 heavy (non-hydrogen) atoms. The largest absolute Gasteiger partial charge is 0.389 e. The second kappa shape index (κ2) is 5.65. The molecule has 1 aromatic heterocycles. The lowest BCUT2D eigenvalue weighted by Gasteiger charge is -2.06. The number of hydrogen-bond acceptors (Lipinski definition) is 4. The fourth-order valence-corrected chi connectivity index (χ4v) is 3.88. The predicted octanol–water partition coefficient (Wildman–Crippen LogP) is 2.98. The number of halogens is 2. The van der Waals surface area contributed by atoms with Crippen molar-refractivity contribution in [2.75, 3.05) is 4.72 Å². The number of thiocarbonyl (C=S) groups is 1. The van der Waals surface area contributed by atoms with E-state index in [4.69, 9.17) is 29.6 Å². The summed E-state index contributed by atoms with van der Waals surface area (Å²) in [6, 6.07) is 6.54. The normalized spacial score (nSPS) is 11.3. The van der Waals surface area contributed by atoms with Crippen molar-refractivity contribution >= 4 is 55.9 Å². The Kier molecular flexibility index (Phi) is 4.28. The van der Waals surface area contributed by atoms with Crippen LogP contribution in [0.25, 0.3) is 0 Å². The highest BCUT2D eigenvalue weighted by atomic mass is 35.5. The molecule has 2 aromatic rings. The van der Waals surface area contributed by atoms with Crippen LogP contribution in [0.4, 0.5) is 10.1 Å². The van der Waals surface area contributed by atoms with Crippen LogP contribution >= 0.6 is 35.2 Å². The van der Waals surface area contributed by atoms with E-state index in [9.17, 15) is 12.8 Å². The van der Waals surface area contributed by atoms with Gasteiger partial charge in [-0.3, -0.25) is 4.72 Å². The lowest BCUT2D eigenvalue weighted by Crippen LogP contribution is -2.11. The van der Waals surface area contributed by atoms with Crippen molar-refractivity contribution in [1.82, 2.24) is 0 Å². The van der Waals surface area contributed by atoms with Crippen molar-refractivity contribution in [1.29, 1.82) is 0 Å². The first-order chi connectivity index (χ1) is 9.29. The maximum atomic E-state index is 13.3. The highest BCUT2D eigenvalue weighted by Gasteiger charge is 2.18. The quantitative estimate of drug-likeness (QED) is 0.831. The van der Waals surface area contributed by atoms with E-state index in [-0.39, 0.29) is 19.9 Å². The zero-order chi connectivity index (χ0) is 14.9. The monoisotopic (exact) mass is 350 g/mol. The summed E-state index contributed by atoms with van der Waals surface area (Å²) in [4.78, 5) is 0.608. The summed E-state index contributed by atoms with van der Waals surface area (Å²) < 4.78 is 39.7. The van der Waals surface area contributed by atoms with Gasteiger partial charge in [-0.25, -0.2) is 12.8 Å². The lowest BCUT2D eigenvalue weighted by atomic mass is 10.3. The average molecular weight is 351 g/mol. The fourth-order valence-electron chi connectivity index (χ4n) is 1.36. The minimum Gasteiger partial charge on any atom is -0.389 e. The van der Waals surface area contributed by atoms with Gasteiger partial charge in [-0.15, -0.1) is 11.3 Å². The molecule has 9 heteroatoms. The molecular formula is C11H8ClFN2O2S3. The third-order valence-corrected chi connectivity index (χ3v) is 5.91. The van der Waals surface area contributed by atoms with Gasteiger partial charge in [-0.05, 0) is 30.3 Å². The lowest BCUT2D eigenvalue weighted by molar-refractivity contribution is 0.603. The highest BCUT2D eigenvalue weighted by Crippen LogP contribution is 2.25. The Morgan fingerprint density at radius 1 is 1.35 bits per heavy atom. The zero-order valence-electron chi connectivity index (χ0n) is 9.76. The summed E-state index contributed by atoms with van der Waals surface area (Å²) in [6.45, 7) is 0. The minimum atomic E-state index is -3.81. The molecule has 2 rings (SSSR count). The van der Waals surface area contributed by atoms with Crippen molar-refractivity contribution < 1.29 is 12.8 Å². The molecule has 0 atom stereocenters. The number of rotatable bonds is 4. The van der Waals surface area contributed by atoms with Crippen LogP contribution in [-0.2, 0) is 10.0 Å². The van der Waals surface area contributed by atoms with E-state index in [0.717, 1.165) is 17.4 Å². The number of nitrogens with two attached hydrogens (primary N) is 1. The van der Waals surface area contributed by atoms with E-state index >= 15 is 0 Å². The molecule has 0 bridgehead atoms. The molecule has 0 unspecified atom stereocenters. The molecule has 0 saturated heterocycles. The maximum Gasteiger partial charge on any atom is 0.271 e. The molecule has 0 saturated carbocycles. The average Bonchev–Trinajstić information content (AvgIpc) is 2.84. The smallest absolute Gasteiger partial charge is 0.271 e. The summed E-state index contributed by atoms with van der Waals surface area (Å²) >= 11 is 11.2. The van der Waals surface area contributed by atoms with Crippen molar-refractivity contribution in [2.24, 2.45) is 5.73 Å². The van der Waals surface area contributed by atoms with E-state index < -0.39 is 15.8 Å². The number of benzene rings is 1. The summed E-state index contributed by atoms with van der Waals surface area (Å²) in [5.74, 6) is -0.707. The summed E-state index contributed by atoms with van der Waals surface area (Å²) in [6.07, 6.45) is 0. The van der Waals surface area contributed by atoms with E-state index in [1.54, 1.807) is 0 Å². The second-order valence-electron chi connectivity index (χ2n) is 3.72. The number of nitrogens with one attached hydrogen (secondary N) is 1. The molecule has 0 fully saturated rings. The van der Waals surface area contributed by atoms with Crippen LogP contribution in [0.2, 0.25) is 5.02 Å². The third kappa shape index (κ3) is 3.26. The number of anilines is 1. The van der Waals surface area contributed by atoms with Crippen LogP contribution in [0, 0.1) is 5.82 Å². The van der Waals surface area contributed by atoms with E-state index in [0.29, 0.717) is 4.88 Å². The molecule has 0 spiro atoms. The molecule has 4 nitrogen and oxygen atoms in total. The van der Waals surface area contributed by atoms with Gasteiger partial charge in [0.05, 0.1) is 15.6 Å². The van der Waals surface area contributed by atoms with Gasteiger partial charge in [0, 0.05) is 0 Å². The number of hydrogen-bond donors (Lipinski definition) is 2. The van der Waals surface area contributed by atoms with Crippen LogP contribution in [-0.4, -0.2) is 13.4 Å². The molecule has 0 aliphatic heterocycles. The third-order valence-electron chi connectivity index (χ3n) is 2.26. The Morgan fingerprint density at radius 3 is 2.60 bits per heavy atom. The molecule has 0 aliphatic rings. The van der Waals surface area contributed by atoms with Gasteiger partial charge in [0.15, 0.2) is 0 Å². The molecule has 0 amide bonds. The SMILES string of the molecule is NC(=S)c1ccc(S(=O)(=O)Nc2ccc(Cl)c(F)c2)s1. The van der Waals surface area contributed by atoms with Gasteiger partial charge in [-0.2, -0.15) is 0 Å². The Morgan fingerprint density at radius 2 is 2.05 bits per heavy atom. The van der Waals surface area contributed by atoms with E-state index in [1.165, 1.54) is 24.3 Å². The first-order valence-electron chi connectivity index (χ1n) is 5.17. The second-order valence-corrected chi connectivity index (χ2v) is 7.56. The maximum absolute atomic E-state index is 13.3. The molecule has 3 N–H and O–H groups in total. The summed E-state index contributed by atoms with van der Waals surface area (Å²) in [7, 11) is -3.81. The van der Waals surface area contributed by atoms with Crippen LogP contribution in [0.15, 0.2) is 34.5 Å². The Bertz CT molecular complexity index is 774. The highest BCUT2D eigenvalue weighted by molar-refractivity contribution is 7.94. The van der Waals surface area contributed by atoms with Crippen LogP contribution in [0.1, 0.15) is 4.88 Å². The van der Waals surface area contributed by atoms with Gasteiger partial charge in [0.25, 0.3) is 10.0 Å². The molecule has 1 aromatic carbocycles. The Hall–Kier alpha value is -1.22. The fraction of sp³-hybridized carbons (Fsp3) is 0. The number of sulfonamides is 1. The predicted molar refractivity (Wildman–Crippen MR) is 82.4 cm³/mol. The molecule has 0 aliphatic carbocycles. The van der Waals surface area contributed by atoms with Crippen molar-refractivity contribution in [3.63, 3.8) is 0 Å². The van der Waals surface area contributed by atoms with Crippen molar-refractivity contribution in [3.8, 4) is 0 Å². The summed E-state index contributed by atoms with van der Waals surface area (Å²) in [5, 5.41) is -0.0835. The van der Waals surface area contributed by atoms with Gasteiger partial charge in [0.1, 0.15) is 15.0 Å². The van der Waals surface area contributed by atoms with Crippen molar-refractivity contribution in [2.45, 2.75) is 4.21 Å². The number of thiophene rings is 1. The Labute approximate surface area is 129 Å². The molecule has 106 valence electrons.